The van der Waals surface area contributed by atoms with Gasteiger partial charge in [0.2, 0.25) is 5.91 Å². The molecule has 4 rings (SSSR count). The molecule has 10 nitrogen and oxygen atoms in total. The number of fused-ring (bicyclic) bond motifs is 4. The molecule has 0 aromatic carbocycles. The van der Waals surface area contributed by atoms with Gasteiger partial charge in [-0.2, -0.15) is 0 Å². The van der Waals surface area contributed by atoms with Crippen molar-refractivity contribution < 1.29 is 23.9 Å². The van der Waals surface area contributed by atoms with Gasteiger partial charge < -0.3 is 30.4 Å². The van der Waals surface area contributed by atoms with Crippen molar-refractivity contribution >= 4 is 29.7 Å². The maximum absolute atomic E-state index is 13.9. The second-order valence-corrected chi connectivity index (χ2v) is 12.0. The molecule has 3 fully saturated rings. The van der Waals surface area contributed by atoms with Crippen LogP contribution in [0, 0.1) is 22.7 Å². The van der Waals surface area contributed by atoms with Gasteiger partial charge in [-0.3, -0.25) is 9.59 Å². The molecule has 0 unspecified atom stereocenters. The molecule has 2 saturated heterocycles. The highest BCUT2D eigenvalue weighted by atomic mass is 16.6. The highest BCUT2D eigenvalue weighted by Crippen LogP contribution is 2.39. The Morgan fingerprint density at radius 3 is 2.63 bits per heavy atom. The number of nitrogens with one attached hydrogen (secondary N) is 3. The summed E-state index contributed by atoms with van der Waals surface area (Å²) < 4.78 is 12.1. The fourth-order valence-electron chi connectivity index (χ4n) is 5.63. The highest BCUT2D eigenvalue weighted by molar-refractivity contribution is 6.00. The summed E-state index contributed by atoms with van der Waals surface area (Å²) in [4.78, 5) is 45.7. The van der Waals surface area contributed by atoms with E-state index >= 15 is 0 Å². The van der Waals surface area contributed by atoms with Crippen LogP contribution < -0.4 is 10.6 Å². The van der Waals surface area contributed by atoms with Gasteiger partial charge in [-0.25, -0.2) is 9.79 Å². The first-order valence-electron chi connectivity index (χ1n) is 13.7. The summed E-state index contributed by atoms with van der Waals surface area (Å²) in [5, 5.41) is 13.3. The molecule has 0 radical (unpaired) electrons. The Morgan fingerprint density at radius 1 is 1.18 bits per heavy atom. The molecule has 1 saturated carbocycles. The number of carbonyl (C=O) groups excluding carboxylic acids is 3. The number of nitrogens with zero attached hydrogens (tertiary/aromatic N) is 2. The average molecular weight is 528 g/mol. The van der Waals surface area contributed by atoms with Crippen LogP contribution in [-0.4, -0.2) is 65.4 Å². The van der Waals surface area contributed by atoms with E-state index < -0.39 is 29.7 Å². The van der Waals surface area contributed by atoms with Crippen LogP contribution >= 0.6 is 0 Å². The Labute approximate surface area is 224 Å². The predicted octanol–water partition coefficient (Wildman–Crippen LogP) is 3.68. The van der Waals surface area contributed by atoms with Crippen molar-refractivity contribution in [2.24, 2.45) is 22.2 Å². The molecule has 2 amide bonds. The molecule has 38 heavy (non-hydrogen) atoms. The van der Waals surface area contributed by atoms with E-state index in [1.165, 1.54) is 13.1 Å². The smallest absolute Gasteiger partial charge is 0.408 e. The number of ether oxygens (including phenoxy) is 2. The molecule has 3 N–H and O–H groups in total. The first-order valence-corrected chi connectivity index (χ1v) is 13.7. The zero-order valence-electron chi connectivity index (χ0n) is 23.1. The SMILES string of the molecule is CC(=O)[C@@H]1[C@H](C)[C@@H]2CN1C(=O)[C@H](C(C)(C)C)NC(=O)O[C@@H]1C[C@H]1CCCCCC1=N/C(=C/C=N)NC=C1O2. The van der Waals surface area contributed by atoms with Crippen LogP contribution in [0.2, 0.25) is 0 Å². The lowest BCUT2D eigenvalue weighted by molar-refractivity contribution is -0.141. The van der Waals surface area contributed by atoms with Crippen molar-refractivity contribution in [2.75, 3.05) is 6.54 Å². The molecule has 6 atom stereocenters. The first-order chi connectivity index (χ1) is 18.0. The van der Waals surface area contributed by atoms with Gasteiger partial charge in [-0.05, 0) is 50.0 Å². The van der Waals surface area contributed by atoms with Crippen LogP contribution in [0.1, 0.15) is 73.1 Å². The minimum absolute atomic E-state index is 0.115. The van der Waals surface area contributed by atoms with Crippen LogP contribution in [0.15, 0.2) is 28.8 Å². The fraction of sp³-hybridized carbons (Fsp3) is 0.679. The van der Waals surface area contributed by atoms with Crippen molar-refractivity contribution in [1.29, 1.82) is 5.41 Å². The standard InChI is InChI=1S/C28H41N5O5/c1-16-22-15-33(24(16)17(2)34)26(35)25(28(3,4)5)32-27(36)38-20-13-18(20)9-7-6-8-10-19-21(37-22)14-30-23(31-19)11-12-29/h11-12,14,16,18,20,22,24-25,29-30H,6-10,13,15H2,1-5H3,(H,32,36)/b23-11+,29-12?/t16-,18-,20-,22+,24+,25-/m1/s1. The van der Waals surface area contributed by atoms with Crippen LogP contribution in [0.3, 0.4) is 0 Å². The third-order valence-electron chi connectivity index (χ3n) is 7.89. The summed E-state index contributed by atoms with van der Waals surface area (Å²) >= 11 is 0. The van der Waals surface area contributed by atoms with Crippen molar-refractivity contribution in [2.45, 2.75) is 97.4 Å². The van der Waals surface area contributed by atoms with E-state index in [1.807, 2.05) is 27.7 Å². The molecule has 1 aliphatic carbocycles. The average Bonchev–Trinajstić information content (AvgIpc) is 3.48. The molecular weight excluding hydrogens is 486 g/mol. The molecule has 208 valence electrons. The van der Waals surface area contributed by atoms with E-state index in [0.717, 1.165) is 37.8 Å². The molecule has 0 aromatic rings. The number of rotatable bonds is 2. The van der Waals surface area contributed by atoms with E-state index in [2.05, 4.69) is 15.6 Å². The van der Waals surface area contributed by atoms with Crippen LogP contribution in [-0.2, 0) is 19.1 Å². The lowest BCUT2D eigenvalue weighted by Gasteiger charge is -2.35. The van der Waals surface area contributed by atoms with Gasteiger partial charge in [0, 0.05) is 18.3 Å². The highest BCUT2D eigenvalue weighted by Gasteiger charge is 2.49. The molecule has 0 spiro atoms. The van der Waals surface area contributed by atoms with Crippen LogP contribution in [0.5, 0.6) is 0 Å². The summed E-state index contributed by atoms with van der Waals surface area (Å²) in [7, 11) is 0. The summed E-state index contributed by atoms with van der Waals surface area (Å²) in [6, 6.07) is -1.53. The van der Waals surface area contributed by atoms with E-state index in [-0.39, 0.29) is 30.3 Å². The third kappa shape index (κ3) is 6.27. The maximum Gasteiger partial charge on any atom is 0.408 e. The van der Waals surface area contributed by atoms with E-state index in [4.69, 9.17) is 14.9 Å². The maximum atomic E-state index is 13.9. The number of Topliss-reactive ketones (excluding diaryl/α,β-unsaturated/α-hetero) is 1. The second-order valence-electron chi connectivity index (χ2n) is 12.0. The van der Waals surface area contributed by atoms with Gasteiger partial charge in [0.1, 0.15) is 24.1 Å². The van der Waals surface area contributed by atoms with Gasteiger partial charge in [0.15, 0.2) is 11.5 Å². The number of ketones is 1. The lowest BCUT2D eigenvalue weighted by Crippen LogP contribution is -2.57. The van der Waals surface area contributed by atoms with Gasteiger partial charge in [-0.15, -0.1) is 0 Å². The largest absolute Gasteiger partial charge is 0.485 e. The molecule has 3 aliphatic heterocycles. The normalized spacial score (nSPS) is 33.6. The number of amides is 2. The van der Waals surface area contributed by atoms with Crippen molar-refractivity contribution in [3.63, 3.8) is 0 Å². The zero-order valence-corrected chi connectivity index (χ0v) is 23.1. The first kappa shape index (κ1) is 27.9. The van der Waals surface area contributed by atoms with E-state index in [9.17, 15) is 14.4 Å². The number of hydrogen-bond donors (Lipinski definition) is 3. The Kier molecular flexibility index (Phi) is 8.28. The monoisotopic (exact) mass is 527 g/mol. The summed E-state index contributed by atoms with van der Waals surface area (Å²) in [6.07, 6.45) is 8.89. The minimum atomic E-state index is -0.861. The molecule has 0 aromatic heterocycles. The Balaban J connectivity index is 1.64. The Hall–Kier alpha value is -3.17. The van der Waals surface area contributed by atoms with Crippen molar-refractivity contribution in [3.05, 3.63) is 23.9 Å². The van der Waals surface area contributed by atoms with Crippen LogP contribution in [0.25, 0.3) is 0 Å². The summed E-state index contributed by atoms with van der Waals surface area (Å²) in [5.74, 6) is 0.811. The molecule has 4 aliphatic rings. The predicted molar refractivity (Wildman–Crippen MR) is 144 cm³/mol. The topological polar surface area (TPSA) is 133 Å². The van der Waals surface area contributed by atoms with Crippen LogP contribution in [0.4, 0.5) is 4.79 Å². The Morgan fingerprint density at radius 2 is 1.95 bits per heavy atom. The molecule has 3 heterocycles. The van der Waals surface area contributed by atoms with Gasteiger partial charge >= 0.3 is 6.09 Å². The van der Waals surface area contributed by atoms with E-state index in [0.29, 0.717) is 23.9 Å². The van der Waals surface area contributed by atoms with E-state index in [1.54, 1.807) is 17.2 Å². The molecule has 10 heteroatoms. The zero-order chi connectivity index (χ0) is 27.6. The summed E-state index contributed by atoms with van der Waals surface area (Å²) in [6.45, 7) is 9.28. The third-order valence-corrected chi connectivity index (χ3v) is 7.89. The molecular formula is C28H41N5O5. The number of allylic oxidation sites excluding steroid dienone is 2. The number of alkyl carbamates (subject to hydrolysis) is 1. The number of aliphatic imine (C=N–C) groups is 1. The number of carbonyl (C=O) groups is 3. The second kappa shape index (κ2) is 11.3. The van der Waals surface area contributed by atoms with Crippen molar-refractivity contribution in [1.82, 2.24) is 15.5 Å². The quantitative estimate of drug-likeness (QED) is 0.469. The Bertz CT molecular complexity index is 1060. The minimum Gasteiger partial charge on any atom is -0.485 e. The van der Waals surface area contributed by atoms with Crippen molar-refractivity contribution in [3.8, 4) is 0 Å². The lowest BCUT2D eigenvalue weighted by atomic mass is 9.85. The van der Waals surface area contributed by atoms with Gasteiger partial charge in [0.05, 0.1) is 18.3 Å². The number of hydrogen-bond acceptors (Lipinski definition) is 8. The summed E-state index contributed by atoms with van der Waals surface area (Å²) in [5.41, 5.74) is 0.193. The van der Waals surface area contributed by atoms with Gasteiger partial charge in [-0.1, -0.05) is 40.5 Å². The molecule has 2 bridgehead atoms. The van der Waals surface area contributed by atoms with Gasteiger partial charge in [0.25, 0.3) is 0 Å². The fourth-order valence-corrected chi connectivity index (χ4v) is 5.63.